The number of piperidine rings is 1. The van der Waals surface area contributed by atoms with Crippen LogP contribution in [0.15, 0.2) is 53.4 Å². The summed E-state index contributed by atoms with van der Waals surface area (Å²) in [7, 11) is -1.10. The largest absolute Gasteiger partial charge is 0.493 e. The number of hydrogen-bond acceptors (Lipinski definition) is 6. The van der Waals surface area contributed by atoms with E-state index >= 15 is 0 Å². The van der Waals surface area contributed by atoms with Gasteiger partial charge in [-0.05, 0) is 56.5 Å². The van der Waals surface area contributed by atoms with Gasteiger partial charge in [0.05, 0.1) is 24.8 Å². The van der Waals surface area contributed by atoms with Crippen molar-refractivity contribution in [3.8, 4) is 11.5 Å². The van der Waals surface area contributed by atoms with Crippen molar-refractivity contribution in [3.05, 3.63) is 48.5 Å². The second-order valence-electron chi connectivity index (χ2n) is 8.66. The Labute approximate surface area is 209 Å². The van der Waals surface area contributed by atoms with Gasteiger partial charge in [0, 0.05) is 25.2 Å². The molecule has 0 spiro atoms. The van der Waals surface area contributed by atoms with Crippen molar-refractivity contribution < 1.29 is 22.7 Å². The summed E-state index contributed by atoms with van der Waals surface area (Å²) >= 11 is 0. The number of methoxy groups -OCH3 is 2. The lowest BCUT2D eigenvalue weighted by molar-refractivity contribution is -0.119. The average Bonchev–Trinajstić information content (AvgIpc) is 2.89. The highest BCUT2D eigenvalue weighted by Crippen LogP contribution is 2.32. The lowest BCUT2D eigenvalue weighted by Crippen LogP contribution is -2.43. The number of likely N-dealkylation sites (tertiary alicyclic amines) is 1. The molecule has 1 fully saturated rings. The molecule has 0 aliphatic carbocycles. The minimum atomic E-state index is -4.04. The molecule has 0 aromatic heterocycles. The summed E-state index contributed by atoms with van der Waals surface area (Å²) in [5, 5.41) is 2.90. The molecule has 1 unspecified atom stereocenters. The van der Waals surface area contributed by atoms with E-state index in [1.165, 1.54) is 45.6 Å². The molecule has 192 valence electrons. The predicted molar refractivity (Wildman–Crippen MR) is 138 cm³/mol. The molecule has 1 saturated heterocycles. The Morgan fingerprint density at radius 2 is 1.83 bits per heavy atom. The van der Waals surface area contributed by atoms with E-state index in [9.17, 15) is 13.2 Å². The Morgan fingerprint density at radius 3 is 2.51 bits per heavy atom. The van der Waals surface area contributed by atoms with Crippen LogP contribution in [0.5, 0.6) is 11.5 Å². The van der Waals surface area contributed by atoms with E-state index in [2.05, 4.69) is 17.1 Å². The predicted octanol–water partition coefficient (Wildman–Crippen LogP) is 3.67. The highest BCUT2D eigenvalue weighted by atomic mass is 32.2. The minimum absolute atomic E-state index is 0.0162. The molecule has 2 aromatic carbocycles. The molecule has 0 saturated carbocycles. The number of benzene rings is 2. The normalized spacial score (nSPS) is 16.5. The zero-order valence-electron chi connectivity index (χ0n) is 20.9. The number of amides is 1. The first-order valence-corrected chi connectivity index (χ1v) is 13.6. The molecule has 35 heavy (non-hydrogen) atoms. The molecule has 1 atom stereocenters. The molecular weight excluding hydrogens is 466 g/mol. The number of rotatable bonds is 12. The van der Waals surface area contributed by atoms with E-state index in [1.54, 1.807) is 36.4 Å². The highest BCUT2D eigenvalue weighted by molar-refractivity contribution is 7.92. The first-order valence-electron chi connectivity index (χ1n) is 12.2. The standard InChI is InChI=1S/C26H37N3O5S/c1-4-21-11-8-9-17-28(21)18-10-16-27-26(30)20-29(22-12-6-5-7-13-22)35(31,32)23-14-15-24(33-2)25(19-23)34-3/h5-7,12-15,19,21H,4,8-11,16-18,20H2,1-3H3,(H,27,30). The van der Waals surface area contributed by atoms with Crippen molar-refractivity contribution in [2.75, 3.05) is 44.7 Å². The van der Waals surface area contributed by atoms with Crippen LogP contribution in [0.2, 0.25) is 0 Å². The summed E-state index contributed by atoms with van der Waals surface area (Å²) in [6, 6.07) is 13.7. The smallest absolute Gasteiger partial charge is 0.264 e. The molecule has 8 nitrogen and oxygen atoms in total. The maximum atomic E-state index is 13.6. The van der Waals surface area contributed by atoms with Crippen LogP contribution in [-0.2, 0) is 14.8 Å². The van der Waals surface area contributed by atoms with Crippen LogP contribution >= 0.6 is 0 Å². The summed E-state index contributed by atoms with van der Waals surface area (Å²) in [5.41, 5.74) is 0.413. The van der Waals surface area contributed by atoms with Gasteiger partial charge in [-0.2, -0.15) is 0 Å². The average molecular weight is 504 g/mol. The molecule has 0 radical (unpaired) electrons. The molecule has 1 aliphatic heterocycles. The Bertz CT molecular complexity index is 1060. The van der Waals surface area contributed by atoms with Gasteiger partial charge < -0.3 is 19.7 Å². The maximum absolute atomic E-state index is 13.6. The molecule has 0 bridgehead atoms. The third-order valence-electron chi connectivity index (χ3n) is 6.44. The lowest BCUT2D eigenvalue weighted by Gasteiger charge is -2.35. The van der Waals surface area contributed by atoms with Crippen molar-refractivity contribution in [3.63, 3.8) is 0 Å². The number of anilines is 1. The molecule has 9 heteroatoms. The van der Waals surface area contributed by atoms with Gasteiger partial charge in [-0.25, -0.2) is 8.42 Å². The quantitative estimate of drug-likeness (QED) is 0.445. The summed E-state index contributed by atoms with van der Waals surface area (Å²) < 4.78 is 38.8. The molecule has 2 aromatic rings. The van der Waals surface area contributed by atoms with Crippen molar-refractivity contribution in [1.29, 1.82) is 0 Å². The number of ether oxygens (including phenoxy) is 2. The fourth-order valence-electron chi connectivity index (χ4n) is 4.53. The fourth-order valence-corrected chi connectivity index (χ4v) is 5.96. The Balaban J connectivity index is 1.69. The Kier molecular flexibility index (Phi) is 9.80. The molecule has 1 amide bonds. The second kappa shape index (κ2) is 12.8. The van der Waals surface area contributed by atoms with Gasteiger partial charge in [0.15, 0.2) is 11.5 Å². The van der Waals surface area contributed by atoms with Gasteiger partial charge in [0.2, 0.25) is 5.91 Å². The van der Waals surface area contributed by atoms with Crippen LogP contribution in [0.25, 0.3) is 0 Å². The van der Waals surface area contributed by atoms with E-state index in [0.717, 1.165) is 30.2 Å². The van der Waals surface area contributed by atoms with Gasteiger partial charge in [-0.1, -0.05) is 31.5 Å². The van der Waals surface area contributed by atoms with E-state index < -0.39 is 10.0 Å². The molecular formula is C26H37N3O5S. The van der Waals surface area contributed by atoms with Crippen molar-refractivity contribution in [1.82, 2.24) is 10.2 Å². The second-order valence-corrected chi connectivity index (χ2v) is 10.5. The number of sulfonamides is 1. The highest BCUT2D eigenvalue weighted by Gasteiger charge is 2.28. The van der Waals surface area contributed by atoms with E-state index in [-0.39, 0.29) is 17.3 Å². The fraction of sp³-hybridized carbons (Fsp3) is 0.500. The number of carbonyl (C=O) groups excluding carboxylic acids is 1. The Morgan fingerprint density at radius 1 is 1.09 bits per heavy atom. The molecule has 1 heterocycles. The summed E-state index contributed by atoms with van der Waals surface area (Å²) in [6.45, 7) is 4.46. The first kappa shape index (κ1) is 26.8. The van der Waals surface area contributed by atoms with Gasteiger partial charge in [-0.15, -0.1) is 0 Å². The zero-order chi connectivity index (χ0) is 25.3. The first-order chi connectivity index (χ1) is 16.9. The third-order valence-corrected chi connectivity index (χ3v) is 8.21. The molecule has 3 rings (SSSR count). The maximum Gasteiger partial charge on any atom is 0.264 e. The number of para-hydroxylation sites is 1. The van der Waals surface area contributed by atoms with Crippen LogP contribution < -0.4 is 19.1 Å². The van der Waals surface area contributed by atoms with Crippen LogP contribution in [0.3, 0.4) is 0 Å². The van der Waals surface area contributed by atoms with Crippen molar-refractivity contribution in [2.24, 2.45) is 0 Å². The number of hydrogen-bond donors (Lipinski definition) is 1. The van der Waals surface area contributed by atoms with Crippen molar-refractivity contribution >= 4 is 21.6 Å². The van der Waals surface area contributed by atoms with Gasteiger partial charge in [0.1, 0.15) is 6.54 Å². The van der Waals surface area contributed by atoms with Gasteiger partial charge in [-0.3, -0.25) is 9.10 Å². The molecule has 1 aliphatic rings. The monoisotopic (exact) mass is 503 g/mol. The SMILES string of the molecule is CCC1CCCCN1CCCNC(=O)CN(c1ccccc1)S(=O)(=O)c1ccc(OC)c(OC)c1. The minimum Gasteiger partial charge on any atom is -0.493 e. The lowest BCUT2D eigenvalue weighted by atomic mass is 10.00. The number of carbonyl (C=O) groups is 1. The summed E-state index contributed by atoms with van der Waals surface area (Å²) in [4.78, 5) is 15.3. The third kappa shape index (κ3) is 6.89. The summed E-state index contributed by atoms with van der Waals surface area (Å²) in [5.74, 6) is 0.382. The zero-order valence-corrected chi connectivity index (χ0v) is 21.7. The van der Waals surface area contributed by atoms with E-state index in [1.807, 2.05) is 0 Å². The van der Waals surface area contributed by atoms with Gasteiger partial charge >= 0.3 is 0 Å². The van der Waals surface area contributed by atoms with Crippen LogP contribution in [0.1, 0.15) is 39.0 Å². The number of nitrogens with zero attached hydrogens (tertiary/aromatic N) is 2. The van der Waals surface area contributed by atoms with Crippen LogP contribution in [-0.4, -0.2) is 65.7 Å². The number of nitrogens with one attached hydrogen (secondary N) is 1. The Hall–Kier alpha value is -2.78. The van der Waals surface area contributed by atoms with Gasteiger partial charge in [0.25, 0.3) is 10.0 Å². The molecule has 1 N–H and O–H groups in total. The van der Waals surface area contributed by atoms with Crippen molar-refractivity contribution in [2.45, 2.75) is 50.0 Å². The van der Waals surface area contributed by atoms with Crippen LogP contribution in [0.4, 0.5) is 5.69 Å². The van der Waals surface area contributed by atoms with E-state index in [4.69, 9.17) is 9.47 Å². The van der Waals surface area contributed by atoms with Crippen LogP contribution in [0, 0.1) is 0 Å². The van der Waals surface area contributed by atoms with E-state index in [0.29, 0.717) is 29.8 Å². The topological polar surface area (TPSA) is 88.2 Å². The summed E-state index contributed by atoms with van der Waals surface area (Å²) in [6.07, 6.45) is 5.73.